The van der Waals surface area contributed by atoms with E-state index in [4.69, 9.17) is 17.7 Å². The first kappa shape index (κ1) is 24.7. The van der Waals surface area contributed by atoms with Gasteiger partial charge in [-0.05, 0) is 29.7 Å². The first-order valence-electron chi connectivity index (χ1n) is 9.76. The van der Waals surface area contributed by atoms with E-state index in [2.05, 4.69) is 91.1 Å². The van der Waals surface area contributed by atoms with E-state index in [0.29, 0.717) is 5.82 Å². The van der Waals surface area contributed by atoms with Crippen molar-refractivity contribution in [3.63, 3.8) is 0 Å². The average Bonchev–Trinajstić information content (AvgIpc) is 2.71. The van der Waals surface area contributed by atoms with E-state index in [-0.39, 0.29) is 6.47 Å². The van der Waals surface area contributed by atoms with Crippen LogP contribution in [-0.4, -0.2) is 30.4 Å². The van der Waals surface area contributed by atoms with Gasteiger partial charge in [-0.2, -0.15) is 23.5 Å². The van der Waals surface area contributed by atoms with E-state index in [1.807, 2.05) is 0 Å². The third-order valence-electron chi connectivity index (χ3n) is 4.21. The van der Waals surface area contributed by atoms with Gasteiger partial charge >= 0.3 is 0 Å². The molecule has 0 aliphatic heterocycles. The highest BCUT2D eigenvalue weighted by atomic mass is 32.2. The minimum absolute atomic E-state index is 0.250. The Hall–Kier alpha value is -1.33. The molecule has 5 heteroatoms. The third-order valence-corrected chi connectivity index (χ3v) is 6.71. The largest absolute Gasteiger partial charge is 0.483 e. The molecular formula is C23H31BO2S2. The highest BCUT2D eigenvalue weighted by Gasteiger charge is 2.10. The molecule has 0 aliphatic rings. The molecule has 2 aromatic rings. The zero-order valence-electron chi connectivity index (χ0n) is 16.7. The number of thioether (sulfide) groups is 2. The highest BCUT2D eigenvalue weighted by molar-refractivity contribution is 7.99. The van der Waals surface area contributed by atoms with E-state index < -0.39 is 0 Å². The van der Waals surface area contributed by atoms with Gasteiger partial charge in [0.15, 0.2) is 0 Å². The van der Waals surface area contributed by atoms with Gasteiger partial charge in [-0.15, -0.1) is 0 Å². The van der Waals surface area contributed by atoms with Crippen LogP contribution < -0.4 is 0 Å². The zero-order chi connectivity index (χ0) is 20.5. The minimum atomic E-state index is -0.250. The van der Waals surface area contributed by atoms with Crippen LogP contribution in [0.4, 0.5) is 0 Å². The molecule has 0 saturated carbocycles. The number of hydrogen-bond donors (Lipinski definition) is 1. The van der Waals surface area contributed by atoms with Gasteiger partial charge in [-0.3, -0.25) is 4.79 Å². The van der Waals surface area contributed by atoms with Gasteiger partial charge in [0, 0.05) is 16.8 Å². The SMILES string of the molecule is O=CO.[B]C(C)CCCC(CCSCc1ccccc1)SCc1ccccc1. The molecule has 2 radical (unpaired) electrons. The second-order valence-corrected chi connectivity index (χ2v) is 9.15. The number of carboxylic acid groups (broad SMARTS) is 1. The lowest BCUT2D eigenvalue weighted by Crippen LogP contribution is -2.06. The molecule has 0 amide bonds. The molecule has 0 aromatic heterocycles. The number of hydrogen-bond acceptors (Lipinski definition) is 3. The lowest BCUT2D eigenvalue weighted by molar-refractivity contribution is -0.122. The molecule has 0 fully saturated rings. The zero-order valence-corrected chi connectivity index (χ0v) is 18.3. The fraction of sp³-hybridized carbons (Fsp3) is 0.435. The maximum atomic E-state index is 8.36. The number of benzene rings is 2. The van der Waals surface area contributed by atoms with Crippen LogP contribution in [0.5, 0.6) is 0 Å². The first-order valence-corrected chi connectivity index (χ1v) is 12.0. The van der Waals surface area contributed by atoms with Gasteiger partial charge < -0.3 is 5.11 Å². The lowest BCUT2D eigenvalue weighted by atomic mass is 9.85. The smallest absolute Gasteiger partial charge is 0.290 e. The van der Waals surface area contributed by atoms with E-state index in [1.54, 1.807) is 0 Å². The molecule has 1 N–H and O–H groups in total. The quantitative estimate of drug-likeness (QED) is 0.246. The fourth-order valence-corrected chi connectivity index (χ4v) is 5.16. The molecule has 0 aliphatic carbocycles. The predicted molar refractivity (Wildman–Crippen MR) is 126 cm³/mol. The molecule has 2 unspecified atom stereocenters. The van der Waals surface area contributed by atoms with Crippen molar-refractivity contribution in [3.05, 3.63) is 71.8 Å². The Morgan fingerprint density at radius 3 is 2.00 bits per heavy atom. The second-order valence-electron chi connectivity index (χ2n) is 6.76. The predicted octanol–water partition coefficient (Wildman–Crippen LogP) is 6.46. The van der Waals surface area contributed by atoms with Crippen molar-refractivity contribution in [1.29, 1.82) is 0 Å². The molecule has 2 rings (SSSR count). The van der Waals surface area contributed by atoms with Crippen molar-refractivity contribution in [3.8, 4) is 0 Å². The summed E-state index contributed by atoms with van der Waals surface area (Å²) in [6.07, 6.45) is 4.95. The highest BCUT2D eigenvalue weighted by Crippen LogP contribution is 2.27. The van der Waals surface area contributed by atoms with Gasteiger partial charge in [0.2, 0.25) is 0 Å². The van der Waals surface area contributed by atoms with E-state index >= 15 is 0 Å². The maximum absolute atomic E-state index is 8.36. The van der Waals surface area contributed by atoms with Crippen LogP contribution in [0.2, 0.25) is 5.82 Å². The van der Waals surface area contributed by atoms with Crippen LogP contribution in [0.1, 0.15) is 43.7 Å². The van der Waals surface area contributed by atoms with Crippen LogP contribution in [0, 0.1) is 0 Å². The van der Waals surface area contributed by atoms with Crippen LogP contribution in [0.3, 0.4) is 0 Å². The molecule has 0 saturated heterocycles. The Bertz CT molecular complexity index is 609. The molecule has 2 nitrogen and oxygen atoms in total. The maximum Gasteiger partial charge on any atom is 0.290 e. The van der Waals surface area contributed by atoms with Crippen LogP contribution in [0.15, 0.2) is 60.7 Å². The Morgan fingerprint density at radius 2 is 1.46 bits per heavy atom. The van der Waals surface area contributed by atoms with Crippen molar-refractivity contribution in [1.82, 2.24) is 0 Å². The van der Waals surface area contributed by atoms with Gasteiger partial charge in [-0.1, -0.05) is 86.2 Å². The van der Waals surface area contributed by atoms with Crippen molar-refractivity contribution in [2.75, 3.05) is 5.75 Å². The van der Waals surface area contributed by atoms with Crippen molar-refractivity contribution < 1.29 is 9.90 Å². The Morgan fingerprint density at radius 1 is 0.929 bits per heavy atom. The van der Waals surface area contributed by atoms with Crippen LogP contribution in [-0.2, 0) is 16.3 Å². The summed E-state index contributed by atoms with van der Waals surface area (Å²) in [5.41, 5.74) is 2.86. The topological polar surface area (TPSA) is 37.3 Å². The standard InChI is InChI=1S/C22H29BS2.CH2O2/c1-19(23)9-8-14-22(25-18-21-12-6-3-7-13-21)15-16-24-17-20-10-4-2-5-11-20;2-1-3/h2-7,10-13,19,22H,8-9,14-18H2,1H3;1H,(H,2,3). The summed E-state index contributed by atoms with van der Waals surface area (Å²) in [5.74, 6) is 3.80. The third kappa shape index (κ3) is 13.0. The molecule has 0 spiro atoms. The lowest BCUT2D eigenvalue weighted by Gasteiger charge is -2.17. The molecule has 150 valence electrons. The van der Waals surface area contributed by atoms with Crippen molar-refractivity contribution in [2.24, 2.45) is 0 Å². The van der Waals surface area contributed by atoms with Gasteiger partial charge in [-0.25, -0.2) is 0 Å². The summed E-state index contributed by atoms with van der Waals surface area (Å²) in [4.78, 5) is 8.36. The molecular weight excluding hydrogens is 383 g/mol. The minimum Gasteiger partial charge on any atom is -0.483 e. The normalized spacial score (nSPS) is 12.5. The van der Waals surface area contributed by atoms with Gasteiger partial charge in [0.05, 0.1) is 7.85 Å². The van der Waals surface area contributed by atoms with E-state index in [1.165, 1.54) is 36.1 Å². The summed E-state index contributed by atoms with van der Waals surface area (Å²) < 4.78 is 0. The monoisotopic (exact) mass is 414 g/mol. The Balaban J connectivity index is 0.00000122. The second kappa shape index (κ2) is 16.6. The van der Waals surface area contributed by atoms with Crippen molar-refractivity contribution >= 4 is 37.8 Å². The molecule has 2 aromatic carbocycles. The average molecular weight is 414 g/mol. The molecule has 0 bridgehead atoms. The summed E-state index contributed by atoms with van der Waals surface area (Å²) in [6, 6.07) is 21.6. The van der Waals surface area contributed by atoms with Gasteiger partial charge in [0.25, 0.3) is 6.47 Å². The fourth-order valence-electron chi connectivity index (χ4n) is 2.75. The number of rotatable bonds is 12. The molecule has 28 heavy (non-hydrogen) atoms. The van der Waals surface area contributed by atoms with Crippen LogP contribution >= 0.6 is 23.5 Å². The first-order chi connectivity index (χ1) is 13.7. The molecule has 0 heterocycles. The van der Waals surface area contributed by atoms with Crippen molar-refractivity contribution in [2.45, 2.75) is 55.2 Å². The summed E-state index contributed by atoms with van der Waals surface area (Å²) in [6.45, 7) is 1.86. The Kier molecular flexibility index (Phi) is 14.7. The summed E-state index contributed by atoms with van der Waals surface area (Å²) >= 11 is 4.18. The van der Waals surface area contributed by atoms with E-state index in [0.717, 1.165) is 23.2 Å². The van der Waals surface area contributed by atoms with Gasteiger partial charge in [0.1, 0.15) is 0 Å². The molecule has 2 atom stereocenters. The Labute approximate surface area is 180 Å². The number of carbonyl (C=O) groups is 1. The van der Waals surface area contributed by atoms with Crippen LogP contribution in [0.25, 0.3) is 0 Å². The van der Waals surface area contributed by atoms with E-state index in [9.17, 15) is 0 Å². The summed E-state index contributed by atoms with van der Waals surface area (Å²) in [5, 5.41) is 7.63. The summed E-state index contributed by atoms with van der Waals surface area (Å²) in [7, 11) is 5.92.